The summed E-state index contributed by atoms with van der Waals surface area (Å²) in [6, 6.07) is 4.19. The number of hydrogen-bond acceptors (Lipinski definition) is 2. The highest BCUT2D eigenvalue weighted by Crippen LogP contribution is 2.15. The van der Waals surface area contributed by atoms with Gasteiger partial charge in [0.2, 0.25) is 0 Å². The first-order valence-corrected chi connectivity index (χ1v) is 7.22. The summed E-state index contributed by atoms with van der Waals surface area (Å²) >= 11 is 0. The van der Waals surface area contributed by atoms with Gasteiger partial charge in [0.05, 0.1) is 5.56 Å². The second kappa shape index (κ2) is 8.43. The zero-order valence-electron chi connectivity index (χ0n) is 12.8. The number of nitrogens with zero attached hydrogens (tertiary/aromatic N) is 1. The monoisotopic (exact) mass is 291 g/mol. The lowest BCUT2D eigenvalue weighted by molar-refractivity contribution is 0.0736. The smallest absolute Gasteiger partial charge is 0.256 e. The minimum Gasteiger partial charge on any atom is -0.384 e. The largest absolute Gasteiger partial charge is 0.384 e. The Hall–Kier alpha value is -1.86. The Morgan fingerprint density at radius 2 is 2.14 bits per heavy atom. The van der Waals surface area contributed by atoms with E-state index in [1.165, 1.54) is 18.2 Å². The van der Waals surface area contributed by atoms with Crippen LogP contribution in [0.1, 0.15) is 43.1 Å². The summed E-state index contributed by atoms with van der Waals surface area (Å²) in [5.74, 6) is 4.69. The molecule has 0 aliphatic heterocycles. The molecular weight excluding hydrogens is 269 g/mol. The Morgan fingerprint density at radius 1 is 1.43 bits per heavy atom. The van der Waals surface area contributed by atoms with Crippen LogP contribution < -0.4 is 0 Å². The van der Waals surface area contributed by atoms with Gasteiger partial charge in [0.15, 0.2) is 0 Å². The van der Waals surface area contributed by atoms with E-state index < -0.39 is 5.82 Å². The highest BCUT2D eigenvalue weighted by molar-refractivity contribution is 5.94. The van der Waals surface area contributed by atoms with E-state index in [0.717, 1.165) is 6.42 Å². The van der Waals surface area contributed by atoms with E-state index in [1.807, 2.05) is 6.92 Å². The summed E-state index contributed by atoms with van der Waals surface area (Å²) < 4.78 is 13.9. The average Bonchev–Trinajstić information content (AvgIpc) is 2.50. The Balaban J connectivity index is 3.03. The molecule has 0 saturated carbocycles. The summed E-state index contributed by atoms with van der Waals surface area (Å²) in [5.41, 5.74) is 0.554. The minimum atomic E-state index is -0.544. The molecule has 0 spiro atoms. The topological polar surface area (TPSA) is 40.5 Å². The number of aliphatic hydroxyl groups is 1. The van der Waals surface area contributed by atoms with Crippen molar-refractivity contribution in [2.45, 2.75) is 27.2 Å². The van der Waals surface area contributed by atoms with Crippen LogP contribution in [0, 0.1) is 23.6 Å². The number of carbonyl (C=O) groups excluding carboxylic acids is 1. The molecule has 0 aliphatic carbocycles. The molecule has 0 aromatic heterocycles. The maximum Gasteiger partial charge on any atom is 0.256 e. The molecule has 0 saturated heterocycles. The number of hydrogen-bond donors (Lipinski definition) is 1. The van der Waals surface area contributed by atoms with Crippen LogP contribution in [0.15, 0.2) is 18.2 Å². The molecule has 1 aromatic rings. The second-order valence-electron chi connectivity index (χ2n) is 5.01. The molecule has 1 amide bonds. The van der Waals surface area contributed by atoms with Gasteiger partial charge in [-0.3, -0.25) is 4.79 Å². The van der Waals surface area contributed by atoms with Crippen molar-refractivity contribution in [1.82, 2.24) is 4.90 Å². The highest BCUT2D eigenvalue weighted by atomic mass is 19.1. The molecule has 0 bridgehead atoms. The first kappa shape index (κ1) is 17.2. The van der Waals surface area contributed by atoms with Gasteiger partial charge in [-0.05, 0) is 31.0 Å². The number of benzene rings is 1. The highest BCUT2D eigenvalue weighted by Gasteiger charge is 2.19. The Labute approximate surface area is 125 Å². The van der Waals surface area contributed by atoms with Gasteiger partial charge in [-0.2, -0.15) is 0 Å². The predicted molar refractivity (Wildman–Crippen MR) is 81.4 cm³/mol. The number of rotatable bonds is 5. The van der Waals surface area contributed by atoms with Gasteiger partial charge in [0.1, 0.15) is 12.4 Å². The molecule has 0 radical (unpaired) electrons. The van der Waals surface area contributed by atoms with Crippen molar-refractivity contribution in [2.24, 2.45) is 5.92 Å². The Kier molecular flexibility index (Phi) is 6.90. The second-order valence-corrected chi connectivity index (χ2v) is 5.01. The lowest BCUT2D eigenvalue weighted by atomic mass is 10.1. The first-order valence-electron chi connectivity index (χ1n) is 7.22. The zero-order chi connectivity index (χ0) is 15.8. The molecule has 1 atom stereocenters. The fourth-order valence-corrected chi connectivity index (χ4v) is 1.94. The number of aliphatic hydroxyl groups excluding tert-OH is 1. The maximum atomic E-state index is 13.9. The van der Waals surface area contributed by atoms with E-state index in [2.05, 4.69) is 25.7 Å². The van der Waals surface area contributed by atoms with Crippen LogP contribution in [-0.4, -0.2) is 35.6 Å². The fourth-order valence-electron chi connectivity index (χ4n) is 1.94. The normalized spacial score (nSPS) is 11.5. The molecule has 1 rings (SSSR count). The molecule has 0 fully saturated rings. The van der Waals surface area contributed by atoms with Crippen LogP contribution in [0.2, 0.25) is 0 Å². The van der Waals surface area contributed by atoms with Gasteiger partial charge in [0, 0.05) is 18.7 Å². The lowest BCUT2D eigenvalue weighted by Crippen LogP contribution is -2.35. The molecule has 1 N–H and O–H groups in total. The zero-order valence-corrected chi connectivity index (χ0v) is 12.8. The molecule has 21 heavy (non-hydrogen) atoms. The van der Waals surface area contributed by atoms with Gasteiger partial charge < -0.3 is 10.0 Å². The van der Waals surface area contributed by atoms with E-state index in [0.29, 0.717) is 24.6 Å². The van der Waals surface area contributed by atoms with Gasteiger partial charge in [-0.25, -0.2) is 4.39 Å². The Morgan fingerprint density at radius 3 is 2.71 bits per heavy atom. The molecule has 4 heteroatoms. The summed E-state index contributed by atoms with van der Waals surface area (Å²) in [4.78, 5) is 14.1. The van der Waals surface area contributed by atoms with Crippen molar-refractivity contribution in [2.75, 3.05) is 19.7 Å². The van der Waals surface area contributed by atoms with E-state index in [-0.39, 0.29) is 18.1 Å². The van der Waals surface area contributed by atoms with Crippen LogP contribution in [0.25, 0.3) is 0 Å². The van der Waals surface area contributed by atoms with E-state index in [1.54, 1.807) is 4.90 Å². The third-order valence-corrected chi connectivity index (χ3v) is 3.41. The van der Waals surface area contributed by atoms with Crippen LogP contribution in [0.5, 0.6) is 0 Å². The van der Waals surface area contributed by atoms with E-state index in [9.17, 15) is 9.18 Å². The van der Waals surface area contributed by atoms with Crippen molar-refractivity contribution in [3.05, 3.63) is 35.1 Å². The van der Waals surface area contributed by atoms with Gasteiger partial charge in [-0.15, -0.1) is 0 Å². The first-order chi connectivity index (χ1) is 10.0. The molecular formula is C17H22FNO2. The van der Waals surface area contributed by atoms with Crippen molar-refractivity contribution in [1.29, 1.82) is 0 Å². The average molecular weight is 291 g/mol. The quantitative estimate of drug-likeness (QED) is 0.847. The molecule has 1 unspecified atom stereocenters. The summed E-state index contributed by atoms with van der Waals surface area (Å²) in [6.07, 6.45) is 0.967. The Bertz CT molecular complexity index is 545. The molecule has 114 valence electrons. The standard InChI is InChI=1S/C17H22FNO2/c1-4-13(3)12-19(5-2)17(21)15-11-14(7-6-10-20)8-9-16(15)18/h8-9,11,13,20H,4-5,10,12H2,1-3H3. The molecule has 0 heterocycles. The van der Waals surface area contributed by atoms with Crippen molar-refractivity contribution < 1.29 is 14.3 Å². The van der Waals surface area contributed by atoms with Crippen molar-refractivity contribution in [3.8, 4) is 11.8 Å². The summed E-state index contributed by atoms with van der Waals surface area (Å²) in [5, 5.41) is 8.69. The van der Waals surface area contributed by atoms with Crippen molar-refractivity contribution >= 4 is 5.91 Å². The van der Waals surface area contributed by atoms with Crippen LogP contribution in [-0.2, 0) is 0 Å². The van der Waals surface area contributed by atoms with E-state index >= 15 is 0 Å². The lowest BCUT2D eigenvalue weighted by Gasteiger charge is -2.24. The number of halogens is 1. The maximum absolute atomic E-state index is 13.9. The number of carbonyl (C=O) groups is 1. The minimum absolute atomic E-state index is 0.0323. The molecule has 3 nitrogen and oxygen atoms in total. The third-order valence-electron chi connectivity index (χ3n) is 3.41. The van der Waals surface area contributed by atoms with Gasteiger partial charge in [-0.1, -0.05) is 32.1 Å². The van der Waals surface area contributed by atoms with Crippen LogP contribution in [0.4, 0.5) is 4.39 Å². The molecule has 0 aliphatic rings. The summed E-state index contributed by atoms with van der Waals surface area (Å²) in [7, 11) is 0. The number of amides is 1. The van der Waals surface area contributed by atoms with Gasteiger partial charge in [0.25, 0.3) is 5.91 Å². The fraction of sp³-hybridized carbons (Fsp3) is 0.471. The van der Waals surface area contributed by atoms with Crippen LogP contribution >= 0.6 is 0 Å². The predicted octanol–water partition coefficient (Wildman–Crippen LogP) is 2.68. The molecule has 1 aromatic carbocycles. The SMILES string of the molecule is CCC(C)CN(CC)C(=O)c1cc(C#CCO)ccc1F. The van der Waals surface area contributed by atoms with Crippen molar-refractivity contribution in [3.63, 3.8) is 0 Å². The van der Waals surface area contributed by atoms with Gasteiger partial charge >= 0.3 is 0 Å². The summed E-state index contributed by atoms with van der Waals surface area (Å²) in [6.45, 7) is 6.89. The van der Waals surface area contributed by atoms with E-state index in [4.69, 9.17) is 5.11 Å². The third kappa shape index (κ3) is 4.87. The van der Waals surface area contributed by atoms with Crippen LogP contribution in [0.3, 0.4) is 0 Å².